The normalized spacial score (nSPS) is 11.1. The van der Waals surface area contributed by atoms with Crippen LogP contribution in [-0.4, -0.2) is 18.8 Å². The van der Waals surface area contributed by atoms with Crippen molar-refractivity contribution in [2.45, 2.75) is 9.79 Å². The van der Waals surface area contributed by atoms with Gasteiger partial charge in [-0.15, -0.1) is 0 Å². The topological polar surface area (TPSA) is 98.7 Å². The van der Waals surface area contributed by atoms with Crippen molar-refractivity contribution in [1.29, 1.82) is 0 Å². The SMILES string of the molecule is O=S(=O)(c1ccccc1NO)c1ccccc1NO. The third-order valence-corrected chi connectivity index (χ3v) is 4.46. The van der Waals surface area contributed by atoms with Gasteiger partial charge in [0.1, 0.15) is 0 Å². The molecule has 2 aromatic carbocycles. The van der Waals surface area contributed by atoms with Crippen molar-refractivity contribution in [3.8, 4) is 0 Å². The predicted octanol–water partition coefficient (Wildman–Crippen LogP) is 2.12. The average Bonchev–Trinajstić information content (AvgIpc) is 2.47. The molecule has 0 saturated carbocycles. The molecule has 0 spiro atoms. The van der Waals surface area contributed by atoms with Gasteiger partial charge in [-0.2, -0.15) is 0 Å². The lowest BCUT2D eigenvalue weighted by Crippen LogP contribution is -2.08. The Morgan fingerprint density at radius 1 is 0.737 bits per heavy atom. The van der Waals surface area contributed by atoms with Crippen LogP contribution in [0.3, 0.4) is 0 Å². The zero-order valence-electron chi connectivity index (χ0n) is 9.74. The molecule has 6 nitrogen and oxygen atoms in total. The molecule has 2 aromatic rings. The van der Waals surface area contributed by atoms with Crippen LogP contribution in [0.15, 0.2) is 58.3 Å². The third-order valence-electron chi connectivity index (χ3n) is 2.59. The van der Waals surface area contributed by atoms with Gasteiger partial charge in [-0.3, -0.25) is 21.4 Å². The summed E-state index contributed by atoms with van der Waals surface area (Å²) in [6.07, 6.45) is 0. The summed E-state index contributed by atoms with van der Waals surface area (Å²) in [6.45, 7) is 0. The lowest BCUT2D eigenvalue weighted by molar-refractivity contribution is 0.386. The molecule has 0 fully saturated rings. The first-order chi connectivity index (χ1) is 9.11. The standard InChI is InChI=1S/C12H12N2O4S/c15-13-9-5-1-3-7-11(9)19(17,18)12-8-4-2-6-10(12)14-16/h1-8,13-16H. The van der Waals surface area contributed by atoms with Gasteiger partial charge in [0.05, 0.1) is 21.2 Å². The van der Waals surface area contributed by atoms with Crippen LogP contribution in [0.1, 0.15) is 0 Å². The van der Waals surface area contributed by atoms with Crippen LogP contribution in [0.25, 0.3) is 0 Å². The minimum atomic E-state index is -3.87. The van der Waals surface area contributed by atoms with E-state index in [0.29, 0.717) is 0 Å². The fourth-order valence-corrected chi connectivity index (χ4v) is 3.26. The Labute approximate surface area is 110 Å². The zero-order valence-corrected chi connectivity index (χ0v) is 10.6. The number of benzene rings is 2. The Morgan fingerprint density at radius 3 is 1.47 bits per heavy atom. The Hall–Kier alpha value is -2.09. The first-order valence-electron chi connectivity index (χ1n) is 5.34. The number of anilines is 2. The van der Waals surface area contributed by atoms with Gasteiger partial charge in [-0.25, -0.2) is 8.42 Å². The molecule has 0 radical (unpaired) electrons. The van der Waals surface area contributed by atoms with Crippen molar-refractivity contribution < 1.29 is 18.8 Å². The molecule has 0 unspecified atom stereocenters. The van der Waals surface area contributed by atoms with E-state index in [-0.39, 0.29) is 21.2 Å². The van der Waals surface area contributed by atoms with E-state index in [1.807, 2.05) is 11.0 Å². The van der Waals surface area contributed by atoms with Crippen molar-refractivity contribution in [2.75, 3.05) is 11.0 Å². The molecule has 0 atom stereocenters. The summed E-state index contributed by atoms with van der Waals surface area (Å²) in [5, 5.41) is 18.0. The number of rotatable bonds is 4. The minimum Gasteiger partial charge on any atom is -0.291 e. The van der Waals surface area contributed by atoms with E-state index in [4.69, 9.17) is 10.4 Å². The molecule has 0 aliphatic heterocycles. The van der Waals surface area contributed by atoms with Crippen LogP contribution in [0.2, 0.25) is 0 Å². The van der Waals surface area contributed by atoms with Crippen LogP contribution in [0, 0.1) is 0 Å². The molecule has 0 aliphatic rings. The highest BCUT2D eigenvalue weighted by molar-refractivity contribution is 7.91. The zero-order chi connectivity index (χ0) is 13.9. The largest absolute Gasteiger partial charge is 0.291 e. The summed E-state index contributed by atoms with van der Waals surface area (Å²) in [4.78, 5) is -0.166. The number of sulfone groups is 1. The molecule has 0 aromatic heterocycles. The van der Waals surface area contributed by atoms with Crippen LogP contribution in [0.4, 0.5) is 11.4 Å². The minimum absolute atomic E-state index is 0.0650. The maximum absolute atomic E-state index is 12.5. The highest BCUT2D eigenvalue weighted by Crippen LogP contribution is 2.31. The summed E-state index contributed by atoms with van der Waals surface area (Å²) >= 11 is 0. The van der Waals surface area contributed by atoms with E-state index < -0.39 is 9.84 Å². The molecule has 19 heavy (non-hydrogen) atoms. The Kier molecular flexibility index (Phi) is 3.70. The van der Waals surface area contributed by atoms with Gasteiger partial charge in [0.15, 0.2) is 0 Å². The quantitative estimate of drug-likeness (QED) is 0.640. The Balaban J connectivity index is 2.66. The second-order valence-electron chi connectivity index (χ2n) is 3.72. The van der Waals surface area contributed by atoms with Crippen molar-refractivity contribution in [3.63, 3.8) is 0 Å². The summed E-state index contributed by atoms with van der Waals surface area (Å²) in [5.74, 6) is 0. The van der Waals surface area contributed by atoms with Gasteiger partial charge in [-0.05, 0) is 24.3 Å². The number of hydrogen-bond acceptors (Lipinski definition) is 6. The Bertz CT molecular complexity index is 632. The van der Waals surface area contributed by atoms with E-state index in [2.05, 4.69) is 0 Å². The lowest BCUT2D eigenvalue weighted by atomic mass is 10.3. The maximum Gasteiger partial charge on any atom is 0.210 e. The summed E-state index contributed by atoms with van der Waals surface area (Å²) in [5.41, 5.74) is 3.82. The molecule has 4 N–H and O–H groups in total. The molecule has 2 rings (SSSR count). The van der Waals surface area contributed by atoms with Crippen molar-refractivity contribution in [1.82, 2.24) is 0 Å². The van der Waals surface area contributed by atoms with E-state index in [0.717, 1.165) is 0 Å². The second kappa shape index (κ2) is 5.27. The van der Waals surface area contributed by atoms with Crippen LogP contribution < -0.4 is 11.0 Å². The number of hydrogen-bond donors (Lipinski definition) is 4. The molecular formula is C12H12N2O4S. The highest BCUT2D eigenvalue weighted by atomic mass is 32.2. The number of para-hydroxylation sites is 2. The van der Waals surface area contributed by atoms with Crippen LogP contribution in [-0.2, 0) is 9.84 Å². The van der Waals surface area contributed by atoms with Crippen LogP contribution >= 0.6 is 0 Å². The van der Waals surface area contributed by atoms with Gasteiger partial charge in [0, 0.05) is 0 Å². The van der Waals surface area contributed by atoms with E-state index >= 15 is 0 Å². The van der Waals surface area contributed by atoms with Gasteiger partial charge < -0.3 is 0 Å². The Morgan fingerprint density at radius 2 is 1.11 bits per heavy atom. The first kappa shape index (κ1) is 13.3. The molecule has 0 aliphatic carbocycles. The lowest BCUT2D eigenvalue weighted by Gasteiger charge is -2.12. The fourth-order valence-electron chi connectivity index (χ4n) is 1.71. The predicted molar refractivity (Wildman–Crippen MR) is 69.2 cm³/mol. The molecule has 100 valence electrons. The number of nitrogens with one attached hydrogen (secondary N) is 2. The van der Waals surface area contributed by atoms with E-state index in [1.165, 1.54) is 24.3 Å². The maximum atomic E-state index is 12.5. The van der Waals surface area contributed by atoms with Gasteiger partial charge in [0.2, 0.25) is 9.84 Å². The molecule has 0 bridgehead atoms. The monoisotopic (exact) mass is 280 g/mol. The van der Waals surface area contributed by atoms with Crippen molar-refractivity contribution in [2.24, 2.45) is 0 Å². The van der Waals surface area contributed by atoms with Crippen LogP contribution in [0.5, 0.6) is 0 Å². The van der Waals surface area contributed by atoms with E-state index in [1.54, 1.807) is 24.3 Å². The fraction of sp³-hybridized carbons (Fsp3) is 0. The van der Waals surface area contributed by atoms with Crippen molar-refractivity contribution >= 4 is 21.2 Å². The van der Waals surface area contributed by atoms with Gasteiger partial charge in [0.25, 0.3) is 0 Å². The second-order valence-corrected chi connectivity index (χ2v) is 5.61. The molecule has 0 heterocycles. The average molecular weight is 280 g/mol. The molecule has 0 saturated heterocycles. The van der Waals surface area contributed by atoms with Gasteiger partial charge in [-0.1, -0.05) is 24.3 Å². The summed E-state index contributed by atoms with van der Waals surface area (Å²) in [7, 11) is -3.87. The molecule has 7 heteroatoms. The molecule has 0 amide bonds. The van der Waals surface area contributed by atoms with Crippen molar-refractivity contribution in [3.05, 3.63) is 48.5 Å². The summed E-state index contributed by atoms with van der Waals surface area (Å²) in [6, 6.07) is 11.9. The third kappa shape index (κ3) is 2.39. The first-order valence-corrected chi connectivity index (χ1v) is 6.83. The molecular weight excluding hydrogens is 268 g/mol. The summed E-state index contributed by atoms with van der Waals surface area (Å²) < 4.78 is 25.0. The smallest absolute Gasteiger partial charge is 0.210 e. The van der Waals surface area contributed by atoms with E-state index in [9.17, 15) is 8.42 Å². The van der Waals surface area contributed by atoms with Gasteiger partial charge >= 0.3 is 0 Å². The highest BCUT2D eigenvalue weighted by Gasteiger charge is 2.23.